The van der Waals surface area contributed by atoms with E-state index < -0.39 is 5.41 Å². The molecular formula is C21H27BrO3. The lowest BCUT2D eigenvalue weighted by Gasteiger charge is -2.55. The molecule has 2 aliphatic rings. The molecule has 1 aromatic carbocycles. The van der Waals surface area contributed by atoms with E-state index in [2.05, 4.69) is 54.9 Å². The van der Waals surface area contributed by atoms with Gasteiger partial charge in [0.25, 0.3) is 0 Å². The van der Waals surface area contributed by atoms with Crippen LogP contribution < -0.4 is 0 Å². The van der Waals surface area contributed by atoms with Crippen LogP contribution in [0.4, 0.5) is 0 Å². The normalized spacial score (nSPS) is 34.4. The molecule has 0 bridgehead atoms. The zero-order valence-electron chi connectivity index (χ0n) is 15.7. The number of benzene rings is 1. The average Bonchev–Trinajstić information content (AvgIpc) is 2.58. The number of esters is 1. The molecule has 0 spiro atoms. The quantitative estimate of drug-likeness (QED) is 0.512. The molecule has 25 heavy (non-hydrogen) atoms. The van der Waals surface area contributed by atoms with Crippen molar-refractivity contribution in [2.75, 3.05) is 7.11 Å². The highest BCUT2D eigenvalue weighted by atomic mass is 79.9. The van der Waals surface area contributed by atoms with Crippen LogP contribution in [0.5, 0.6) is 0 Å². The summed E-state index contributed by atoms with van der Waals surface area (Å²) in [6.07, 6.45) is 2.69. The molecule has 3 nitrogen and oxygen atoms in total. The second-order valence-corrected chi connectivity index (χ2v) is 9.37. The molecule has 4 heteroatoms. The Labute approximate surface area is 158 Å². The third-order valence-electron chi connectivity index (χ3n) is 6.55. The first-order valence-electron chi connectivity index (χ1n) is 9.08. The van der Waals surface area contributed by atoms with Crippen molar-refractivity contribution in [2.45, 2.75) is 63.1 Å². The summed E-state index contributed by atoms with van der Waals surface area (Å²) in [4.78, 5) is 25.5. The zero-order valence-corrected chi connectivity index (χ0v) is 17.3. The maximum absolute atomic E-state index is 13.2. The molecule has 136 valence electrons. The number of Topliss-reactive ketones (excluding diaryl/α,β-unsaturated/α-hetero) is 1. The Bertz CT molecular complexity index is 726. The van der Waals surface area contributed by atoms with E-state index in [0.29, 0.717) is 5.92 Å². The van der Waals surface area contributed by atoms with Crippen molar-refractivity contribution in [1.82, 2.24) is 0 Å². The van der Waals surface area contributed by atoms with Crippen molar-refractivity contribution in [3.63, 3.8) is 0 Å². The molecule has 1 aromatic rings. The number of halogens is 1. The lowest BCUT2D eigenvalue weighted by Crippen LogP contribution is -2.58. The molecule has 0 aromatic heterocycles. The van der Waals surface area contributed by atoms with Crippen LogP contribution in [0, 0.1) is 11.3 Å². The van der Waals surface area contributed by atoms with Crippen molar-refractivity contribution in [1.29, 1.82) is 0 Å². The fourth-order valence-electron chi connectivity index (χ4n) is 5.17. The molecule has 0 N–H and O–H groups in total. The van der Waals surface area contributed by atoms with Crippen LogP contribution in [0.1, 0.15) is 74.4 Å². The summed E-state index contributed by atoms with van der Waals surface area (Å²) >= 11 is 3.68. The van der Waals surface area contributed by atoms with Crippen LogP contribution in [-0.4, -0.2) is 23.7 Å². The molecule has 0 radical (unpaired) electrons. The summed E-state index contributed by atoms with van der Waals surface area (Å²) in [6, 6.07) is 6.32. The number of rotatable bonds is 2. The third kappa shape index (κ3) is 2.59. The van der Waals surface area contributed by atoms with Crippen molar-refractivity contribution in [3.05, 3.63) is 34.9 Å². The van der Waals surface area contributed by atoms with Crippen LogP contribution in [0.2, 0.25) is 0 Å². The number of fused-ring (bicyclic) bond motifs is 3. The minimum atomic E-state index is -0.653. The van der Waals surface area contributed by atoms with Gasteiger partial charge in [-0.25, -0.2) is 0 Å². The number of carbonyl (C=O) groups excluding carboxylic acids is 2. The predicted molar refractivity (Wildman–Crippen MR) is 102 cm³/mol. The van der Waals surface area contributed by atoms with Gasteiger partial charge in [0.2, 0.25) is 0 Å². The Morgan fingerprint density at radius 1 is 1.28 bits per heavy atom. The number of ether oxygens (including phenoxy) is 1. The summed E-state index contributed by atoms with van der Waals surface area (Å²) in [5.41, 5.74) is 2.23. The molecule has 2 aliphatic carbocycles. The molecule has 1 fully saturated rings. The van der Waals surface area contributed by atoms with Crippen molar-refractivity contribution < 1.29 is 14.3 Å². The molecule has 0 heterocycles. The lowest BCUT2D eigenvalue weighted by molar-refractivity contribution is -0.160. The van der Waals surface area contributed by atoms with E-state index in [9.17, 15) is 9.59 Å². The molecule has 0 amide bonds. The fourth-order valence-corrected chi connectivity index (χ4v) is 6.58. The summed E-state index contributed by atoms with van der Waals surface area (Å²) in [6.45, 7) is 8.46. The van der Waals surface area contributed by atoms with E-state index in [1.54, 1.807) is 0 Å². The molecule has 0 saturated heterocycles. The number of hydrogen-bond acceptors (Lipinski definition) is 3. The first-order valence-corrected chi connectivity index (χ1v) is 9.99. The monoisotopic (exact) mass is 406 g/mol. The van der Waals surface area contributed by atoms with E-state index in [-0.39, 0.29) is 27.9 Å². The first kappa shape index (κ1) is 18.6. The lowest BCUT2D eigenvalue weighted by atomic mass is 9.49. The third-order valence-corrected chi connectivity index (χ3v) is 7.50. The van der Waals surface area contributed by atoms with E-state index in [0.717, 1.165) is 30.4 Å². The molecule has 1 saturated carbocycles. The molecule has 0 unspecified atom stereocenters. The van der Waals surface area contributed by atoms with Crippen LogP contribution in [0.15, 0.2) is 18.2 Å². The second-order valence-electron chi connectivity index (χ2n) is 8.38. The maximum Gasteiger partial charge on any atom is 0.311 e. The van der Waals surface area contributed by atoms with Gasteiger partial charge in [0, 0.05) is 11.5 Å². The van der Waals surface area contributed by atoms with Crippen LogP contribution >= 0.6 is 15.9 Å². The Morgan fingerprint density at radius 2 is 1.96 bits per heavy atom. The molecule has 3 rings (SSSR count). The van der Waals surface area contributed by atoms with Gasteiger partial charge in [-0.15, -0.1) is 0 Å². The standard InChI is InChI=1S/C21H27BrO3/c1-12(2)13-7-8-15-14(11-13)17(23)16(22)18-20(15,3)9-6-10-21(18,4)19(24)25-5/h7-8,11-12,16,18H,6,9-10H2,1-5H3/t16-,18+,20+,21+/m0/s1. The summed E-state index contributed by atoms with van der Waals surface area (Å²) in [5.74, 6) is 0.162. The Balaban J connectivity index is 2.20. The van der Waals surface area contributed by atoms with Crippen LogP contribution in [0.3, 0.4) is 0 Å². The van der Waals surface area contributed by atoms with Crippen molar-refractivity contribution >= 4 is 27.7 Å². The maximum atomic E-state index is 13.2. The van der Waals surface area contributed by atoms with E-state index in [4.69, 9.17) is 4.74 Å². The Kier molecular flexibility index (Phi) is 4.64. The fraction of sp³-hybridized carbons (Fsp3) is 0.619. The van der Waals surface area contributed by atoms with Crippen molar-refractivity contribution in [3.8, 4) is 0 Å². The van der Waals surface area contributed by atoms with Gasteiger partial charge < -0.3 is 4.74 Å². The summed E-state index contributed by atoms with van der Waals surface area (Å²) < 4.78 is 5.14. The van der Waals surface area contributed by atoms with E-state index in [1.807, 2.05) is 6.92 Å². The summed E-state index contributed by atoms with van der Waals surface area (Å²) in [7, 11) is 1.44. The second kappa shape index (κ2) is 6.22. The van der Waals surface area contributed by atoms with Crippen molar-refractivity contribution in [2.24, 2.45) is 11.3 Å². The van der Waals surface area contributed by atoms with Gasteiger partial charge in [-0.05, 0) is 48.3 Å². The van der Waals surface area contributed by atoms with Crippen LogP contribution in [-0.2, 0) is 14.9 Å². The number of alkyl halides is 1. The number of ketones is 1. The predicted octanol–water partition coefficient (Wildman–Crippen LogP) is 5.01. The molecular weight excluding hydrogens is 380 g/mol. The minimum absolute atomic E-state index is 0.0944. The van der Waals surface area contributed by atoms with E-state index >= 15 is 0 Å². The van der Waals surface area contributed by atoms with E-state index in [1.165, 1.54) is 12.7 Å². The van der Waals surface area contributed by atoms with Gasteiger partial charge in [0.05, 0.1) is 17.4 Å². The largest absolute Gasteiger partial charge is 0.469 e. The highest BCUT2D eigenvalue weighted by Gasteiger charge is 2.60. The van der Waals surface area contributed by atoms with Crippen LogP contribution in [0.25, 0.3) is 0 Å². The smallest absolute Gasteiger partial charge is 0.311 e. The highest BCUT2D eigenvalue weighted by Crippen LogP contribution is 2.59. The van der Waals surface area contributed by atoms with Gasteiger partial charge in [-0.1, -0.05) is 55.3 Å². The molecule has 0 aliphatic heterocycles. The van der Waals surface area contributed by atoms with Gasteiger partial charge in [0.15, 0.2) is 5.78 Å². The minimum Gasteiger partial charge on any atom is -0.469 e. The number of methoxy groups -OCH3 is 1. The SMILES string of the molecule is COC(=O)[C@]1(C)CCC[C@]2(C)c3ccc(C(C)C)cc3C(=O)[C@H](Br)[C@@H]12. The van der Waals surface area contributed by atoms with Gasteiger partial charge in [0.1, 0.15) is 0 Å². The first-order chi connectivity index (χ1) is 11.7. The zero-order chi connectivity index (χ0) is 18.6. The highest BCUT2D eigenvalue weighted by molar-refractivity contribution is 9.10. The van der Waals surface area contributed by atoms with Gasteiger partial charge in [-0.3, -0.25) is 9.59 Å². The number of hydrogen-bond donors (Lipinski definition) is 0. The number of carbonyl (C=O) groups is 2. The Morgan fingerprint density at radius 3 is 2.56 bits per heavy atom. The van der Waals surface area contributed by atoms with Gasteiger partial charge >= 0.3 is 5.97 Å². The molecule has 4 atom stereocenters. The topological polar surface area (TPSA) is 43.4 Å². The average molecular weight is 407 g/mol. The summed E-state index contributed by atoms with van der Waals surface area (Å²) in [5, 5.41) is 0. The van der Waals surface area contributed by atoms with Gasteiger partial charge in [-0.2, -0.15) is 0 Å². The Hall–Kier alpha value is -1.16.